The first-order valence-corrected chi connectivity index (χ1v) is 6.96. The highest BCUT2D eigenvalue weighted by Gasteiger charge is 2.34. The van der Waals surface area contributed by atoms with Crippen LogP contribution >= 0.6 is 0 Å². The fourth-order valence-corrected chi connectivity index (χ4v) is 2.81. The number of likely N-dealkylation sites (tertiary alicyclic amines) is 1. The van der Waals surface area contributed by atoms with Gasteiger partial charge in [0.05, 0.1) is 11.7 Å². The van der Waals surface area contributed by atoms with Crippen molar-refractivity contribution in [3.63, 3.8) is 0 Å². The zero-order valence-corrected chi connectivity index (χ0v) is 11.7. The van der Waals surface area contributed by atoms with Gasteiger partial charge in [-0.3, -0.25) is 13.9 Å². The summed E-state index contributed by atoms with van der Waals surface area (Å²) in [6.45, 7) is 3.27. The predicted molar refractivity (Wildman–Crippen MR) is 77.1 cm³/mol. The van der Waals surface area contributed by atoms with Gasteiger partial charge in [0.2, 0.25) is 0 Å². The summed E-state index contributed by atoms with van der Waals surface area (Å²) in [5, 5.41) is 4.22. The van der Waals surface area contributed by atoms with Gasteiger partial charge in [-0.15, -0.1) is 0 Å². The Bertz CT molecular complexity index is 799. The number of rotatable bonds is 2. The molecule has 6 nitrogen and oxygen atoms in total. The Hall–Kier alpha value is -2.63. The summed E-state index contributed by atoms with van der Waals surface area (Å²) < 4.78 is 3.77. The van der Waals surface area contributed by atoms with E-state index in [9.17, 15) is 4.79 Å². The van der Waals surface area contributed by atoms with Crippen LogP contribution in [0.15, 0.2) is 42.9 Å². The van der Waals surface area contributed by atoms with Crippen LogP contribution in [0.5, 0.6) is 0 Å². The van der Waals surface area contributed by atoms with Crippen molar-refractivity contribution in [3.8, 4) is 0 Å². The molecule has 4 heterocycles. The number of pyridine rings is 1. The third-order valence-corrected chi connectivity index (χ3v) is 3.96. The van der Waals surface area contributed by atoms with Gasteiger partial charge in [-0.05, 0) is 25.1 Å². The Labute approximate surface area is 121 Å². The molecule has 1 aliphatic heterocycles. The van der Waals surface area contributed by atoms with Crippen LogP contribution in [0.25, 0.3) is 5.65 Å². The lowest BCUT2D eigenvalue weighted by Gasteiger charge is -2.39. The third kappa shape index (κ3) is 1.83. The molecule has 1 saturated heterocycles. The summed E-state index contributed by atoms with van der Waals surface area (Å²) in [6.07, 6.45) is 5.58. The summed E-state index contributed by atoms with van der Waals surface area (Å²) in [5.74, 6) is 0.0367. The summed E-state index contributed by atoms with van der Waals surface area (Å²) in [5.41, 5.74) is 2.24. The van der Waals surface area contributed by atoms with Crippen LogP contribution in [0, 0.1) is 6.92 Å². The number of fused-ring (bicyclic) bond motifs is 1. The van der Waals surface area contributed by atoms with Crippen LogP contribution in [0.3, 0.4) is 0 Å². The lowest BCUT2D eigenvalue weighted by molar-refractivity contribution is 0.0493. The zero-order valence-electron chi connectivity index (χ0n) is 11.7. The number of aromatic nitrogens is 4. The number of amides is 1. The van der Waals surface area contributed by atoms with Gasteiger partial charge in [-0.2, -0.15) is 5.10 Å². The maximum Gasteiger partial charge on any atom is 0.272 e. The number of imidazole rings is 1. The zero-order chi connectivity index (χ0) is 14.4. The van der Waals surface area contributed by atoms with Crippen LogP contribution in [0.2, 0.25) is 0 Å². The molecule has 106 valence electrons. The highest BCUT2D eigenvalue weighted by molar-refractivity contribution is 5.95. The minimum atomic E-state index is 0.0367. The van der Waals surface area contributed by atoms with Crippen molar-refractivity contribution in [1.29, 1.82) is 0 Å². The Morgan fingerprint density at radius 3 is 2.86 bits per heavy atom. The molecule has 3 aromatic heterocycles. The maximum atomic E-state index is 12.7. The average Bonchev–Trinajstić information content (AvgIpc) is 3.03. The second-order valence-electron chi connectivity index (χ2n) is 5.32. The van der Waals surface area contributed by atoms with Crippen LogP contribution in [-0.2, 0) is 0 Å². The van der Waals surface area contributed by atoms with Crippen molar-refractivity contribution in [2.75, 3.05) is 13.1 Å². The first-order chi connectivity index (χ1) is 10.2. The van der Waals surface area contributed by atoms with E-state index >= 15 is 0 Å². The summed E-state index contributed by atoms with van der Waals surface area (Å²) >= 11 is 0. The minimum Gasteiger partial charge on any atom is -0.333 e. The highest BCUT2D eigenvalue weighted by Crippen LogP contribution is 2.24. The molecule has 1 fully saturated rings. The molecule has 4 rings (SSSR count). The number of carbonyl (C=O) groups is 1. The van der Waals surface area contributed by atoms with E-state index in [0.717, 1.165) is 11.3 Å². The van der Waals surface area contributed by atoms with E-state index in [1.165, 1.54) is 0 Å². The lowest BCUT2D eigenvalue weighted by atomic mass is 10.1. The molecule has 0 saturated carbocycles. The first kappa shape index (κ1) is 12.1. The fourth-order valence-electron chi connectivity index (χ4n) is 2.81. The van der Waals surface area contributed by atoms with Gasteiger partial charge < -0.3 is 4.90 Å². The summed E-state index contributed by atoms with van der Waals surface area (Å²) in [6, 6.07) is 7.93. The Balaban J connectivity index is 1.59. The van der Waals surface area contributed by atoms with E-state index in [0.29, 0.717) is 18.8 Å². The molecule has 0 spiro atoms. The lowest BCUT2D eigenvalue weighted by Crippen LogP contribution is -2.51. The van der Waals surface area contributed by atoms with Crippen LogP contribution in [-0.4, -0.2) is 43.1 Å². The summed E-state index contributed by atoms with van der Waals surface area (Å²) in [7, 11) is 0. The predicted octanol–water partition coefficient (Wildman–Crippen LogP) is 1.54. The van der Waals surface area contributed by atoms with Crippen molar-refractivity contribution >= 4 is 11.6 Å². The van der Waals surface area contributed by atoms with Gasteiger partial charge in [0, 0.05) is 31.7 Å². The van der Waals surface area contributed by atoms with Crippen molar-refractivity contribution in [1.82, 2.24) is 24.1 Å². The standard InChI is InChI=1S/C15H15N5O/c1-11-14(19-7-3-2-5-13(19)17-11)15(21)18-9-12(10-18)20-8-4-6-16-20/h2-8,12H,9-10H2,1H3. The molecule has 1 aliphatic rings. The Kier molecular flexibility index (Phi) is 2.57. The topological polar surface area (TPSA) is 55.4 Å². The SMILES string of the molecule is Cc1nc2ccccn2c1C(=O)N1CC(n2cccn2)C1. The van der Waals surface area contributed by atoms with E-state index in [1.807, 2.05) is 57.6 Å². The van der Waals surface area contributed by atoms with Gasteiger partial charge in [0.25, 0.3) is 5.91 Å². The molecule has 3 aromatic rings. The van der Waals surface area contributed by atoms with Gasteiger partial charge >= 0.3 is 0 Å². The molecule has 0 aliphatic carbocycles. The number of hydrogen-bond donors (Lipinski definition) is 0. The smallest absolute Gasteiger partial charge is 0.272 e. The van der Waals surface area contributed by atoms with Gasteiger partial charge in [0.15, 0.2) is 0 Å². The molecule has 0 aromatic carbocycles. The quantitative estimate of drug-likeness (QED) is 0.716. The Morgan fingerprint density at radius 2 is 2.10 bits per heavy atom. The number of carbonyl (C=O) groups excluding carboxylic acids is 1. The molecule has 0 N–H and O–H groups in total. The summed E-state index contributed by atoms with van der Waals surface area (Å²) in [4.78, 5) is 19.0. The van der Waals surface area contributed by atoms with Crippen LogP contribution < -0.4 is 0 Å². The molecular weight excluding hydrogens is 266 g/mol. The van der Waals surface area contributed by atoms with E-state index in [1.54, 1.807) is 6.20 Å². The van der Waals surface area contributed by atoms with Gasteiger partial charge in [-0.1, -0.05) is 6.07 Å². The first-order valence-electron chi connectivity index (χ1n) is 6.96. The number of nitrogens with zero attached hydrogens (tertiary/aromatic N) is 5. The van der Waals surface area contributed by atoms with Crippen molar-refractivity contribution in [2.45, 2.75) is 13.0 Å². The molecule has 0 bridgehead atoms. The number of aryl methyl sites for hydroxylation is 1. The molecular formula is C15H15N5O. The molecule has 0 radical (unpaired) electrons. The maximum absolute atomic E-state index is 12.7. The minimum absolute atomic E-state index is 0.0367. The fraction of sp³-hybridized carbons (Fsp3) is 0.267. The van der Waals surface area contributed by atoms with Crippen molar-refractivity contribution in [3.05, 3.63) is 54.2 Å². The van der Waals surface area contributed by atoms with E-state index in [4.69, 9.17) is 0 Å². The van der Waals surface area contributed by atoms with Gasteiger partial charge in [-0.25, -0.2) is 4.98 Å². The molecule has 0 unspecified atom stereocenters. The van der Waals surface area contributed by atoms with Gasteiger partial charge in [0.1, 0.15) is 11.3 Å². The third-order valence-electron chi connectivity index (χ3n) is 3.96. The largest absolute Gasteiger partial charge is 0.333 e. The van der Waals surface area contributed by atoms with Crippen LogP contribution in [0.1, 0.15) is 22.2 Å². The second-order valence-corrected chi connectivity index (χ2v) is 5.32. The van der Waals surface area contributed by atoms with Crippen molar-refractivity contribution < 1.29 is 4.79 Å². The van der Waals surface area contributed by atoms with Crippen LogP contribution in [0.4, 0.5) is 0 Å². The molecule has 21 heavy (non-hydrogen) atoms. The molecule has 0 atom stereocenters. The molecule has 1 amide bonds. The van der Waals surface area contributed by atoms with E-state index in [-0.39, 0.29) is 11.9 Å². The van der Waals surface area contributed by atoms with Crippen molar-refractivity contribution in [2.24, 2.45) is 0 Å². The Morgan fingerprint density at radius 1 is 1.24 bits per heavy atom. The molecule has 6 heteroatoms. The second kappa shape index (κ2) is 4.44. The van der Waals surface area contributed by atoms with E-state index in [2.05, 4.69) is 10.1 Å². The number of hydrogen-bond acceptors (Lipinski definition) is 3. The highest BCUT2D eigenvalue weighted by atomic mass is 16.2. The monoisotopic (exact) mass is 281 g/mol. The normalized spacial score (nSPS) is 15.4. The average molecular weight is 281 g/mol. The van der Waals surface area contributed by atoms with E-state index < -0.39 is 0 Å².